The first-order valence-electron chi connectivity index (χ1n) is 8.87. The summed E-state index contributed by atoms with van der Waals surface area (Å²) in [4.78, 5) is 18.9. The Morgan fingerprint density at radius 3 is 2.41 bits per heavy atom. The highest BCUT2D eigenvalue weighted by Crippen LogP contribution is 2.38. The highest BCUT2D eigenvalue weighted by atomic mass is 32.2. The van der Waals surface area contributed by atoms with Crippen molar-refractivity contribution in [1.82, 2.24) is 4.90 Å². The Morgan fingerprint density at radius 1 is 1.04 bits per heavy atom. The average Bonchev–Trinajstić information content (AvgIpc) is 3.12. The molecule has 0 unspecified atom stereocenters. The molecule has 140 valence electrons. The van der Waals surface area contributed by atoms with Crippen LogP contribution in [0.25, 0.3) is 0 Å². The quantitative estimate of drug-likeness (QED) is 0.789. The summed E-state index contributed by atoms with van der Waals surface area (Å²) in [6.07, 6.45) is 0.781. The summed E-state index contributed by atoms with van der Waals surface area (Å²) in [5, 5.41) is 0.595. The summed E-state index contributed by atoms with van der Waals surface area (Å²) < 4.78 is 24.1. The monoisotopic (exact) mass is 400 g/mol. The lowest BCUT2D eigenvalue weighted by Crippen LogP contribution is -2.39. The first-order valence-corrected chi connectivity index (χ1v) is 11.6. The molecule has 0 radical (unpaired) electrons. The van der Waals surface area contributed by atoms with E-state index in [1.54, 1.807) is 12.1 Å². The van der Waals surface area contributed by atoms with Gasteiger partial charge in [-0.05, 0) is 24.1 Å². The van der Waals surface area contributed by atoms with Crippen molar-refractivity contribution in [2.24, 2.45) is 4.99 Å². The minimum Gasteiger partial charge on any atom is -0.346 e. The molecule has 0 spiro atoms. The minimum absolute atomic E-state index is 0.0481. The molecule has 2 aromatic carbocycles. The van der Waals surface area contributed by atoms with E-state index in [0.29, 0.717) is 17.3 Å². The first kappa shape index (κ1) is 18.3. The Labute approximate surface area is 163 Å². The second kappa shape index (κ2) is 7.48. The number of amidine groups is 1. The summed E-state index contributed by atoms with van der Waals surface area (Å²) >= 11 is 1.43. The number of benzene rings is 2. The number of nitrogens with zero attached hydrogens (tertiary/aromatic N) is 2. The van der Waals surface area contributed by atoms with Crippen LogP contribution in [0.3, 0.4) is 0 Å². The standard InChI is InChI=1S/C20H20N2O3S2/c23-19(16-9-5-2-6-10-16)21-20-22(12-11-15-7-3-1-4-8-15)17-13-27(24,25)14-18(17)26-20/h1-10,17-18H,11-14H2/t17-,18+/m0/s1. The molecule has 27 heavy (non-hydrogen) atoms. The Morgan fingerprint density at radius 2 is 1.70 bits per heavy atom. The van der Waals surface area contributed by atoms with Crippen LogP contribution in [0.2, 0.25) is 0 Å². The predicted octanol–water partition coefficient (Wildman–Crippen LogP) is 2.64. The van der Waals surface area contributed by atoms with Gasteiger partial charge in [-0.2, -0.15) is 4.99 Å². The van der Waals surface area contributed by atoms with Gasteiger partial charge in [-0.3, -0.25) is 4.79 Å². The van der Waals surface area contributed by atoms with E-state index in [1.807, 2.05) is 41.3 Å². The highest BCUT2D eigenvalue weighted by Gasteiger charge is 2.48. The number of hydrogen-bond acceptors (Lipinski definition) is 4. The predicted molar refractivity (Wildman–Crippen MR) is 109 cm³/mol. The van der Waals surface area contributed by atoms with Crippen LogP contribution in [-0.2, 0) is 16.3 Å². The number of fused-ring (bicyclic) bond motifs is 1. The zero-order valence-corrected chi connectivity index (χ0v) is 16.3. The molecule has 2 heterocycles. The van der Waals surface area contributed by atoms with Crippen molar-refractivity contribution < 1.29 is 13.2 Å². The molecule has 0 aliphatic carbocycles. The Balaban J connectivity index is 1.57. The van der Waals surface area contributed by atoms with Gasteiger partial charge in [0.25, 0.3) is 5.91 Å². The van der Waals surface area contributed by atoms with Crippen LogP contribution in [0, 0.1) is 0 Å². The van der Waals surface area contributed by atoms with Gasteiger partial charge in [0, 0.05) is 17.4 Å². The third-order valence-electron chi connectivity index (χ3n) is 4.88. The van der Waals surface area contributed by atoms with Gasteiger partial charge in [0.2, 0.25) is 0 Å². The van der Waals surface area contributed by atoms with Crippen molar-refractivity contribution in [3.8, 4) is 0 Å². The average molecular weight is 401 g/mol. The molecule has 5 nitrogen and oxygen atoms in total. The largest absolute Gasteiger partial charge is 0.346 e. The van der Waals surface area contributed by atoms with Crippen molar-refractivity contribution >= 4 is 32.7 Å². The van der Waals surface area contributed by atoms with E-state index in [0.717, 1.165) is 6.42 Å². The lowest BCUT2D eigenvalue weighted by molar-refractivity contribution is 0.100. The maximum absolute atomic E-state index is 12.5. The topological polar surface area (TPSA) is 66.8 Å². The molecule has 4 rings (SSSR count). The van der Waals surface area contributed by atoms with E-state index in [-0.39, 0.29) is 28.7 Å². The van der Waals surface area contributed by atoms with Crippen LogP contribution in [-0.4, -0.2) is 53.7 Å². The molecule has 2 fully saturated rings. The summed E-state index contributed by atoms with van der Waals surface area (Å²) in [7, 11) is -3.03. The molecule has 2 atom stereocenters. The molecule has 0 N–H and O–H groups in total. The number of sulfone groups is 1. The van der Waals surface area contributed by atoms with E-state index in [9.17, 15) is 13.2 Å². The molecule has 2 saturated heterocycles. The third-order valence-corrected chi connectivity index (χ3v) is 8.12. The van der Waals surface area contributed by atoms with Crippen molar-refractivity contribution in [3.05, 3.63) is 71.8 Å². The zero-order chi connectivity index (χ0) is 18.9. The fraction of sp³-hybridized carbons (Fsp3) is 0.300. The molecular weight excluding hydrogens is 380 g/mol. The number of carbonyl (C=O) groups is 1. The van der Waals surface area contributed by atoms with Gasteiger partial charge in [-0.15, -0.1) is 0 Å². The van der Waals surface area contributed by atoms with Crippen LogP contribution in [0.4, 0.5) is 0 Å². The third kappa shape index (κ3) is 4.09. The molecule has 1 amide bonds. The number of thioether (sulfide) groups is 1. The summed E-state index contributed by atoms with van der Waals surface area (Å²) in [6, 6.07) is 18.9. The maximum Gasteiger partial charge on any atom is 0.279 e. The minimum atomic E-state index is -3.03. The number of amides is 1. The normalized spacial score (nSPS) is 24.9. The lowest BCUT2D eigenvalue weighted by atomic mass is 10.1. The smallest absolute Gasteiger partial charge is 0.279 e. The maximum atomic E-state index is 12.5. The van der Waals surface area contributed by atoms with Crippen LogP contribution in [0.1, 0.15) is 15.9 Å². The van der Waals surface area contributed by atoms with Crippen LogP contribution in [0.5, 0.6) is 0 Å². The molecule has 2 aromatic rings. The van der Waals surface area contributed by atoms with E-state index < -0.39 is 9.84 Å². The summed E-state index contributed by atoms with van der Waals surface area (Å²) in [5.41, 5.74) is 1.72. The number of rotatable bonds is 4. The molecule has 2 aliphatic rings. The van der Waals surface area contributed by atoms with E-state index in [4.69, 9.17) is 0 Å². The van der Waals surface area contributed by atoms with Crippen LogP contribution < -0.4 is 0 Å². The lowest BCUT2D eigenvalue weighted by Gasteiger charge is -2.24. The summed E-state index contributed by atoms with van der Waals surface area (Å²) in [5.74, 6) is 0.00594. The van der Waals surface area contributed by atoms with Crippen molar-refractivity contribution in [2.75, 3.05) is 18.1 Å². The molecule has 2 aliphatic heterocycles. The zero-order valence-electron chi connectivity index (χ0n) is 14.7. The van der Waals surface area contributed by atoms with Gasteiger partial charge < -0.3 is 4.90 Å². The first-order chi connectivity index (χ1) is 13.0. The Hall–Kier alpha value is -2.12. The van der Waals surface area contributed by atoms with Gasteiger partial charge in [-0.25, -0.2) is 8.42 Å². The fourth-order valence-electron chi connectivity index (χ4n) is 3.52. The number of hydrogen-bond donors (Lipinski definition) is 0. The van der Waals surface area contributed by atoms with Crippen molar-refractivity contribution in [2.45, 2.75) is 17.7 Å². The van der Waals surface area contributed by atoms with Gasteiger partial charge in [-0.1, -0.05) is 60.3 Å². The van der Waals surface area contributed by atoms with E-state index in [1.165, 1.54) is 17.3 Å². The van der Waals surface area contributed by atoms with Gasteiger partial charge in [0.15, 0.2) is 15.0 Å². The van der Waals surface area contributed by atoms with Crippen LogP contribution in [0.15, 0.2) is 65.7 Å². The van der Waals surface area contributed by atoms with Gasteiger partial charge in [0.05, 0.1) is 17.5 Å². The molecule has 0 bridgehead atoms. The SMILES string of the molecule is O=C(N=C1S[C@@H]2CS(=O)(=O)C[C@@H]2N1CCc1ccccc1)c1ccccc1. The molecular formula is C20H20N2O3S2. The van der Waals surface area contributed by atoms with E-state index in [2.05, 4.69) is 17.1 Å². The molecule has 0 aromatic heterocycles. The van der Waals surface area contributed by atoms with Crippen molar-refractivity contribution in [1.29, 1.82) is 0 Å². The van der Waals surface area contributed by atoms with Gasteiger partial charge in [0.1, 0.15) is 0 Å². The highest BCUT2D eigenvalue weighted by molar-refractivity contribution is 8.15. The molecule has 0 saturated carbocycles. The second-order valence-corrected chi connectivity index (χ2v) is 10.2. The number of aliphatic imine (C=N–C) groups is 1. The van der Waals surface area contributed by atoms with Crippen LogP contribution >= 0.6 is 11.8 Å². The van der Waals surface area contributed by atoms with Crippen molar-refractivity contribution in [3.63, 3.8) is 0 Å². The van der Waals surface area contributed by atoms with Gasteiger partial charge >= 0.3 is 0 Å². The Bertz CT molecular complexity index is 959. The fourth-order valence-corrected chi connectivity index (χ4v) is 7.50. The van der Waals surface area contributed by atoms with E-state index >= 15 is 0 Å². The summed E-state index contributed by atoms with van der Waals surface area (Å²) in [6.45, 7) is 0.647. The number of carbonyl (C=O) groups excluding carboxylic acids is 1. The Kier molecular flexibility index (Phi) is 5.06. The molecule has 7 heteroatoms. The second-order valence-electron chi connectivity index (χ2n) is 6.80.